The summed E-state index contributed by atoms with van der Waals surface area (Å²) in [6.45, 7) is 7.59. The molecule has 0 saturated carbocycles. The lowest BCUT2D eigenvalue weighted by molar-refractivity contribution is 0.523. The first-order valence-electron chi connectivity index (χ1n) is 8.14. The van der Waals surface area contributed by atoms with Crippen LogP contribution < -0.4 is 5.32 Å². The first kappa shape index (κ1) is 15.7. The third-order valence-corrected chi connectivity index (χ3v) is 3.75. The highest BCUT2D eigenvalue weighted by Crippen LogP contribution is 2.16. The Morgan fingerprint density at radius 3 is 2.33 bits per heavy atom. The summed E-state index contributed by atoms with van der Waals surface area (Å²) in [7, 11) is 0. The number of nitrogens with zero attached hydrogens (tertiary/aromatic N) is 2. The van der Waals surface area contributed by atoms with Gasteiger partial charge in [-0.2, -0.15) is 0 Å². The highest BCUT2D eigenvalue weighted by atomic mass is 15.0. The van der Waals surface area contributed by atoms with Gasteiger partial charge in [0.15, 0.2) is 0 Å². The Morgan fingerprint density at radius 1 is 0.952 bits per heavy atom. The third kappa shape index (κ3) is 5.00. The van der Waals surface area contributed by atoms with Gasteiger partial charge in [0.2, 0.25) is 0 Å². The molecular weight excluding hydrogens is 258 g/mol. The van der Waals surface area contributed by atoms with Crippen LogP contribution in [0, 0.1) is 12.8 Å². The number of aromatic nitrogens is 2. The normalized spacial score (nSPS) is 11.2. The van der Waals surface area contributed by atoms with E-state index in [1.54, 1.807) is 0 Å². The molecule has 0 fully saturated rings. The van der Waals surface area contributed by atoms with Crippen LogP contribution in [-0.2, 0) is 0 Å². The Labute approximate surface area is 128 Å². The van der Waals surface area contributed by atoms with E-state index in [-0.39, 0.29) is 0 Å². The Hall–Kier alpha value is -1.64. The first-order chi connectivity index (χ1) is 10.2. The van der Waals surface area contributed by atoms with Crippen molar-refractivity contribution in [3.8, 4) is 0 Å². The molecule has 21 heavy (non-hydrogen) atoms. The minimum atomic E-state index is 0.832. The van der Waals surface area contributed by atoms with Gasteiger partial charge in [0, 0.05) is 6.54 Å². The second-order valence-corrected chi connectivity index (χ2v) is 6.17. The van der Waals surface area contributed by atoms with Gasteiger partial charge in [-0.05, 0) is 31.4 Å². The van der Waals surface area contributed by atoms with E-state index < -0.39 is 0 Å². The number of benzene rings is 1. The molecule has 114 valence electrons. The van der Waals surface area contributed by atoms with Crippen LogP contribution in [0.3, 0.4) is 0 Å². The maximum Gasteiger partial charge on any atom is 0.148 e. The second kappa shape index (κ2) is 7.96. The van der Waals surface area contributed by atoms with Crippen molar-refractivity contribution in [1.29, 1.82) is 0 Å². The van der Waals surface area contributed by atoms with Crippen molar-refractivity contribution >= 4 is 16.9 Å². The van der Waals surface area contributed by atoms with Crippen molar-refractivity contribution in [2.75, 3.05) is 11.9 Å². The highest BCUT2D eigenvalue weighted by molar-refractivity contribution is 5.76. The molecule has 0 spiro atoms. The molecule has 1 heterocycles. The predicted octanol–water partition coefficient (Wildman–Crippen LogP) is 4.96. The zero-order valence-corrected chi connectivity index (χ0v) is 13.5. The first-order valence-corrected chi connectivity index (χ1v) is 8.14. The average Bonchev–Trinajstić information content (AvgIpc) is 2.46. The number of unbranched alkanes of at least 4 members (excludes halogenated alkanes) is 3. The van der Waals surface area contributed by atoms with Gasteiger partial charge in [0.05, 0.1) is 16.7 Å². The van der Waals surface area contributed by atoms with Crippen LogP contribution in [0.4, 0.5) is 5.82 Å². The van der Waals surface area contributed by atoms with E-state index in [9.17, 15) is 0 Å². The van der Waals surface area contributed by atoms with Crippen LogP contribution in [-0.4, -0.2) is 16.5 Å². The van der Waals surface area contributed by atoms with Crippen LogP contribution >= 0.6 is 0 Å². The van der Waals surface area contributed by atoms with Crippen LogP contribution in [0.25, 0.3) is 11.0 Å². The molecule has 0 bridgehead atoms. The van der Waals surface area contributed by atoms with Gasteiger partial charge in [-0.25, -0.2) is 9.97 Å². The van der Waals surface area contributed by atoms with Crippen LogP contribution in [0.15, 0.2) is 24.3 Å². The Balaban J connectivity index is 1.77. The minimum absolute atomic E-state index is 0.832. The van der Waals surface area contributed by atoms with Gasteiger partial charge >= 0.3 is 0 Å². The summed E-state index contributed by atoms with van der Waals surface area (Å²) in [5, 5.41) is 3.43. The summed E-state index contributed by atoms with van der Waals surface area (Å²) < 4.78 is 0. The number of rotatable bonds is 8. The van der Waals surface area contributed by atoms with Crippen LogP contribution in [0.1, 0.15) is 51.6 Å². The van der Waals surface area contributed by atoms with E-state index in [0.717, 1.165) is 35.0 Å². The molecule has 0 radical (unpaired) electrons. The van der Waals surface area contributed by atoms with Crippen LogP contribution in [0.2, 0.25) is 0 Å². The van der Waals surface area contributed by atoms with Gasteiger partial charge in [0.1, 0.15) is 5.82 Å². The lowest BCUT2D eigenvalue weighted by Crippen LogP contribution is -2.06. The molecule has 0 amide bonds. The Morgan fingerprint density at radius 2 is 1.62 bits per heavy atom. The molecule has 3 nitrogen and oxygen atoms in total. The number of fused-ring (bicyclic) bond motifs is 1. The van der Waals surface area contributed by atoms with Gasteiger partial charge in [-0.1, -0.05) is 51.7 Å². The minimum Gasteiger partial charge on any atom is -0.369 e. The molecule has 1 aromatic heterocycles. The Kier molecular flexibility index (Phi) is 5.97. The molecule has 0 aliphatic carbocycles. The summed E-state index contributed by atoms with van der Waals surface area (Å²) in [6.07, 6.45) is 6.53. The molecule has 2 aromatic rings. The monoisotopic (exact) mass is 285 g/mol. The summed E-state index contributed by atoms with van der Waals surface area (Å²) in [5.41, 5.74) is 2.91. The fourth-order valence-corrected chi connectivity index (χ4v) is 2.49. The number of anilines is 1. The van der Waals surface area contributed by atoms with Crippen molar-refractivity contribution in [1.82, 2.24) is 9.97 Å². The van der Waals surface area contributed by atoms with Crippen molar-refractivity contribution in [3.63, 3.8) is 0 Å². The van der Waals surface area contributed by atoms with E-state index in [1.165, 1.54) is 32.1 Å². The fraction of sp³-hybridized carbons (Fsp3) is 0.556. The zero-order valence-electron chi connectivity index (χ0n) is 13.5. The summed E-state index contributed by atoms with van der Waals surface area (Å²) in [4.78, 5) is 9.26. The van der Waals surface area contributed by atoms with E-state index in [4.69, 9.17) is 0 Å². The van der Waals surface area contributed by atoms with Gasteiger partial charge < -0.3 is 5.32 Å². The molecule has 0 unspecified atom stereocenters. The maximum absolute atomic E-state index is 4.66. The lowest BCUT2D eigenvalue weighted by Gasteiger charge is -2.09. The molecular formula is C18H27N3. The van der Waals surface area contributed by atoms with E-state index in [0.29, 0.717) is 0 Å². The van der Waals surface area contributed by atoms with Crippen molar-refractivity contribution < 1.29 is 0 Å². The average molecular weight is 285 g/mol. The fourth-order valence-electron chi connectivity index (χ4n) is 2.49. The quantitative estimate of drug-likeness (QED) is 0.697. The largest absolute Gasteiger partial charge is 0.369 e. The SMILES string of the molecule is Cc1nc2ccccc2nc1NCCCCCCC(C)C. The Bertz CT molecular complexity index is 563. The number of para-hydroxylation sites is 2. The van der Waals surface area contributed by atoms with Crippen LogP contribution in [0.5, 0.6) is 0 Å². The molecule has 0 aliphatic heterocycles. The third-order valence-electron chi connectivity index (χ3n) is 3.75. The molecule has 0 aliphatic rings. The number of hydrogen-bond acceptors (Lipinski definition) is 3. The summed E-state index contributed by atoms with van der Waals surface area (Å²) >= 11 is 0. The molecule has 3 heteroatoms. The predicted molar refractivity (Wildman–Crippen MR) is 90.7 cm³/mol. The highest BCUT2D eigenvalue weighted by Gasteiger charge is 2.03. The second-order valence-electron chi connectivity index (χ2n) is 6.17. The molecule has 2 rings (SSSR count). The summed E-state index contributed by atoms with van der Waals surface area (Å²) in [5.74, 6) is 1.76. The van der Waals surface area contributed by atoms with Crippen molar-refractivity contribution in [3.05, 3.63) is 30.0 Å². The smallest absolute Gasteiger partial charge is 0.148 e. The number of hydrogen-bond donors (Lipinski definition) is 1. The lowest BCUT2D eigenvalue weighted by atomic mass is 10.0. The van der Waals surface area contributed by atoms with Gasteiger partial charge in [-0.3, -0.25) is 0 Å². The van der Waals surface area contributed by atoms with Gasteiger partial charge in [0.25, 0.3) is 0 Å². The topological polar surface area (TPSA) is 37.8 Å². The molecule has 1 N–H and O–H groups in total. The maximum atomic E-state index is 4.66. The standard InChI is InChI=1S/C18H27N3/c1-14(2)10-6-4-5-9-13-19-18-15(3)20-16-11-7-8-12-17(16)21-18/h7-8,11-12,14H,4-6,9-10,13H2,1-3H3,(H,19,21). The molecule has 1 aromatic carbocycles. The molecule has 0 atom stereocenters. The van der Waals surface area contributed by atoms with Crippen molar-refractivity contribution in [2.45, 2.75) is 52.9 Å². The van der Waals surface area contributed by atoms with Crippen molar-refractivity contribution in [2.24, 2.45) is 5.92 Å². The van der Waals surface area contributed by atoms with Gasteiger partial charge in [-0.15, -0.1) is 0 Å². The molecule has 0 saturated heterocycles. The van der Waals surface area contributed by atoms with E-state index >= 15 is 0 Å². The summed E-state index contributed by atoms with van der Waals surface area (Å²) in [6, 6.07) is 8.03. The van der Waals surface area contributed by atoms with E-state index in [1.807, 2.05) is 31.2 Å². The van der Waals surface area contributed by atoms with E-state index in [2.05, 4.69) is 29.1 Å². The zero-order chi connectivity index (χ0) is 15.1. The number of nitrogens with one attached hydrogen (secondary N) is 1. The number of aryl methyl sites for hydroxylation is 1.